The molecule has 2 aliphatic heterocycles. The van der Waals surface area contributed by atoms with Crippen LogP contribution in [0.1, 0.15) is 30.4 Å². The number of likely N-dealkylation sites (tertiary alicyclic amines) is 1. The minimum atomic E-state index is -0.00508. The zero-order chi connectivity index (χ0) is 19.7. The summed E-state index contributed by atoms with van der Waals surface area (Å²) in [5, 5.41) is 7.95. The molecule has 4 rings (SSSR count). The van der Waals surface area contributed by atoms with E-state index < -0.39 is 0 Å². The van der Waals surface area contributed by atoms with E-state index in [0.717, 1.165) is 37.3 Å². The number of carbonyl (C=O) groups excluding carboxylic acids is 1. The Hall–Kier alpha value is -2.18. The topological polar surface area (TPSA) is 53.4 Å². The number of nitrogens with one attached hydrogen (secondary N) is 1. The van der Waals surface area contributed by atoms with Crippen molar-refractivity contribution in [3.8, 4) is 5.69 Å². The molecule has 0 saturated carbocycles. The highest BCUT2D eigenvalue weighted by molar-refractivity contribution is 5.82. The van der Waals surface area contributed by atoms with Crippen LogP contribution in [0.25, 0.3) is 5.69 Å². The zero-order valence-corrected chi connectivity index (χ0v) is 17.2. The minimum Gasteiger partial charge on any atom is -0.340 e. The first-order valence-electron chi connectivity index (χ1n) is 10.2. The smallest absolute Gasteiger partial charge is 0.239 e. The van der Waals surface area contributed by atoms with Crippen molar-refractivity contribution >= 4 is 5.91 Å². The van der Waals surface area contributed by atoms with Gasteiger partial charge in [0.2, 0.25) is 5.91 Å². The lowest BCUT2D eigenvalue weighted by Gasteiger charge is -2.33. The Kier molecular flexibility index (Phi) is 5.25. The molecule has 1 amide bonds. The van der Waals surface area contributed by atoms with E-state index in [2.05, 4.69) is 41.4 Å². The third kappa shape index (κ3) is 3.71. The molecule has 1 spiro atoms. The number of likely N-dealkylation sites (N-methyl/N-ethyl adjacent to an activating group) is 2. The van der Waals surface area contributed by atoms with E-state index in [1.54, 1.807) is 0 Å². The van der Waals surface area contributed by atoms with Gasteiger partial charge < -0.3 is 10.2 Å². The summed E-state index contributed by atoms with van der Waals surface area (Å²) in [6.45, 7) is 5.85. The molecule has 1 N–H and O–H groups in total. The number of hydrogen-bond donors (Lipinski definition) is 1. The molecule has 6 heteroatoms. The maximum atomic E-state index is 13.2. The van der Waals surface area contributed by atoms with Crippen LogP contribution in [0.5, 0.6) is 0 Å². The molecule has 1 unspecified atom stereocenters. The van der Waals surface area contributed by atoms with Crippen LogP contribution >= 0.6 is 0 Å². The van der Waals surface area contributed by atoms with Gasteiger partial charge in [-0.25, -0.2) is 4.68 Å². The molecule has 1 aromatic heterocycles. The van der Waals surface area contributed by atoms with Crippen LogP contribution in [0.3, 0.4) is 0 Å². The van der Waals surface area contributed by atoms with Crippen LogP contribution in [0.15, 0.2) is 36.7 Å². The third-order valence-electron chi connectivity index (χ3n) is 6.49. The highest BCUT2D eigenvalue weighted by Crippen LogP contribution is 2.41. The van der Waals surface area contributed by atoms with Gasteiger partial charge in [0, 0.05) is 31.9 Å². The Labute approximate surface area is 167 Å². The largest absolute Gasteiger partial charge is 0.340 e. The molecule has 2 saturated heterocycles. The van der Waals surface area contributed by atoms with E-state index in [9.17, 15) is 4.79 Å². The molecule has 1 atom stereocenters. The molecule has 2 aliphatic rings. The number of nitrogens with zero attached hydrogens (tertiary/aromatic N) is 4. The number of amides is 1. The fourth-order valence-corrected chi connectivity index (χ4v) is 4.87. The van der Waals surface area contributed by atoms with Gasteiger partial charge in [0.25, 0.3) is 0 Å². The van der Waals surface area contributed by atoms with Gasteiger partial charge in [-0.2, -0.15) is 5.10 Å². The Balaban J connectivity index is 1.42. The summed E-state index contributed by atoms with van der Waals surface area (Å²) in [5.74, 6) is 0.224. The molecule has 0 bridgehead atoms. The normalized spacial score (nSPS) is 21.9. The lowest BCUT2D eigenvalue weighted by Crippen LogP contribution is -2.42. The predicted octanol–water partition coefficient (Wildman–Crippen LogP) is 2.21. The lowest BCUT2D eigenvalue weighted by atomic mass is 9.77. The van der Waals surface area contributed by atoms with Crippen LogP contribution in [0.2, 0.25) is 0 Å². The van der Waals surface area contributed by atoms with Gasteiger partial charge in [-0.15, -0.1) is 0 Å². The number of piperidine rings is 1. The zero-order valence-electron chi connectivity index (χ0n) is 17.2. The summed E-state index contributed by atoms with van der Waals surface area (Å²) in [5.41, 5.74) is 3.63. The third-order valence-corrected chi connectivity index (χ3v) is 6.49. The van der Waals surface area contributed by atoms with E-state index in [1.165, 1.54) is 18.4 Å². The molecule has 3 heterocycles. The minimum absolute atomic E-state index is 0.00508. The molecule has 28 heavy (non-hydrogen) atoms. The van der Waals surface area contributed by atoms with E-state index in [1.807, 2.05) is 41.2 Å². The van der Waals surface area contributed by atoms with Crippen LogP contribution in [-0.4, -0.2) is 65.3 Å². The number of aromatic nitrogens is 2. The second-order valence-electron chi connectivity index (χ2n) is 8.66. The first kappa shape index (κ1) is 19.2. The average molecular weight is 382 g/mol. The molecule has 150 valence electrons. The summed E-state index contributed by atoms with van der Waals surface area (Å²) < 4.78 is 1.90. The average Bonchev–Trinajstić information content (AvgIpc) is 3.26. The van der Waals surface area contributed by atoms with Crippen molar-refractivity contribution in [2.45, 2.75) is 38.8 Å². The van der Waals surface area contributed by atoms with Crippen molar-refractivity contribution in [1.29, 1.82) is 0 Å². The van der Waals surface area contributed by atoms with E-state index in [4.69, 9.17) is 0 Å². The predicted molar refractivity (Wildman–Crippen MR) is 110 cm³/mol. The van der Waals surface area contributed by atoms with Gasteiger partial charge in [-0.3, -0.25) is 9.69 Å². The highest BCUT2D eigenvalue weighted by atomic mass is 16.2. The summed E-state index contributed by atoms with van der Waals surface area (Å²) in [6, 6.07) is 8.19. The van der Waals surface area contributed by atoms with E-state index >= 15 is 0 Å². The fraction of sp³-hybridized carbons (Fsp3) is 0.545. The molecule has 2 aromatic rings. The Morgan fingerprint density at radius 2 is 2.07 bits per heavy atom. The molecule has 0 radical (unpaired) electrons. The summed E-state index contributed by atoms with van der Waals surface area (Å²) in [4.78, 5) is 17.3. The van der Waals surface area contributed by atoms with Gasteiger partial charge in [-0.05, 0) is 63.4 Å². The molecule has 0 aliphatic carbocycles. The van der Waals surface area contributed by atoms with E-state index in [-0.39, 0.29) is 11.9 Å². The Morgan fingerprint density at radius 3 is 2.82 bits per heavy atom. The number of benzene rings is 1. The van der Waals surface area contributed by atoms with Crippen molar-refractivity contribution in [3.05, 3.63) is 47.8 Å². The molecule has 6 nitrogen and oxygen atoms in total. The van der Waals surface area contributed by atoms with Crippen molar-refractivity contribution in [3.63, 3.8) is 0 Å². The molecular weight excluding hydrogens is 350 g/mol. The van der Waals surface area contributed by atoms with Crippen LogP contribution in [0, 0.1) is 12.3 Å². The molecule has 2 fully saturated rings. The van der Waals surface area contributed by atoms with Gasteiger partial charge in [0.1, 0.15) is 0 Å². The standard InChI is InChI=1S/C22H31N5O/c1-17-6-4-5-7-19(17)27-15-18(13-24-27)14-25(2)21(28)20-12-22(16-26(20)3)8-10-23-11-9-22/h4-7,13,15,20,23H,8-12,14,16H2,1-3H3. The van der Waals surface area contributed by atoms with Crippen LogP contribution < -0.4 is 5.32 Å². The highest BCUT2D eigenvalue weighted by Gasteiger charge is 2.46. The monoisotopic (exact) mass is 381 g/mol. The maximum Gasteiger partial charge on any atom is 0.239 e. The second-order valence-corrected chi connectivity index (χ2v) is 8.66. The Morgan fingerprint density at radius 1 is 1.32 bits per heavy atom. The van der Waals surface area contributed by atoms with Crippen molar-refractivity contribution in [2.24, 2.45) is 5.41 Å². The first-order chi connectivity index (χ1) is 13.5. The lowest BCUT2D eigenvalue weighted by molar-refractivity contribution is -0.134. The Bertz CT molecular complexity index is 839. The van der Waals surface area contributed by atoms with Crippen molar-refractivity contribution in [1.82, 2.24) is 24.9 Å². The molecule has 1 aromatic carbocycles. The van der Waals surface area contributed by atoms with Gasteiger partial charge in [0.05, 0.1) is 17.9 Å². The number of para-hydroxylation sites is 1. The first-order valence-corrected chi connectivity index (χ1v) is 10.2. The summed E-state index contributed by atoms with van der Waals surface area (Å²) in [7, 11) is 4.01. The SMILES string of the molecule is Cc1ccccc1-n1cc(CN(C)C(=O)C2CC3(CCNCC3)CN2C)cn1. The number of rotatable bonds is 4. The second kappa shape index (κ2) is 7.68. The summed E-state index contributed by atoms with van der Waals surface area (Å²) >= 11 is 0. The van der Waals surface area contributed by atoms with Gasteiger partial charge >= 0.3 is 0 Å². The number of carbonyl (C=O) groups is 1. The molecular formula is C22H31N5O. The summed E-state index contributed by atoms with van der Waals surface area (Å²) in [6.07, 6.45) is 7.22. The number of hydrogen-bond acceptors (Lipinski definition) is 4. The van der Waals surface area contributed by atoms with Crippen molar-refractivity contribution < 1.29 is 4.79 Å². The van der Waals surface area contributed by atoms with Crippen LogP contribution in [0.4, 0.5) is 0 Å². The number of aryl methyl sites for hydroxylation is 1. The van der Waals surface area contributed by atoms with Crippen molar-refractivity contribution in [2.75, 3.05) is 33.7 Å². The quantitative estimate of drug-likeness (QED) is 0.882. The maximum absolute atomic E-state index is 13.2. The van der Waals surface area contributed by atoms with Gasteiger partial charge in [-0.1, -0.05) is 18.2 Å². The van der Waals surface area contributed by atoms with E-state index in [0.29, 0.717) is 12.0 Å². The van der Waals surface area contributed by atoms with Gasteiger partial charge in [0.15, 0.2) is 0 Å². The van der Waals surface area contributed by atoms with Crippen LogP contribution in [-0.2, 0) is 11.3 Å². The fourth-order valence-electron chi connectivity index (χ4n) is 4.87.